The topological polar surface area (TPSA) is 63.0 Å². The molecule has 2 N–H and O–H groups in total. The van der Waals surface area contributed by atoms with E-state index in [1.807, 2.05) is 33.0 Å². The Morgan fingerprint density at radius 3 is 2.48 bits per heavy atom. The van der Waals surface area contributed by atoms with Crippen LogP contribution in [0.3, 0.4) is 0 Å². The van der Waals surface area contributed by atoms with E-state index in [1.54, 1.807) is 0 Å². The van der Waals surface area contributed by atoms with E-state index in [0.29, 0.717) is 5.92 Å². The number of furan rings is 1. The van der Waals surface area contributed by atoms with Gasteiger partial charge in [0.1, 0.15) is 29.0 Å². The highest BCUT2D eigenvalue weighted by molar-refractivity contribution is 5.58. The summed E-state index contributed by atoms with van der Waals surface area (Å²) in [6, 6.07) is 4.06. The van der Waals surface area contributed by atoms with Crippen molar-refractivity contribution in [2.24, 2.45) is 0 Å². The van der Waals surface area contributed by atoms with Crippen LogP contribution in [0.4, 0.5) is 11.6 Å². The van der Waals surface area contributed by atoms with E-state index < -0.39 is 0 Å². The van der Waals surface area contributed by atoms with Crippen LogP contribution >= 0.6 is 0 Å². The molecule has 0 amide bonds. The first kappa shape index (κ1) is 13.9. The Bertz CT molecular complexity index is 646. The molecule has 1 atom stereocenters. The van der Waals surface area contributed by atoms with Crippen molar-refractivity contribution in [1.29, 1.82) is 0 Å². The molecule has 2 aromatic rings. The van der Waals surface area contributed by atoms with Gasteiger partial charge < -0.3 is 15.1 Å². The molecule has 0 aliphatic heterocycles. The van der Waals surface area contributed by atoms with Crippen molar-refractivity contribution in [1.82, 2.24) is 9.97 Å². The average Bonchev–Trinajstić information content (AvgIpc) is 3.22. The van der Waals surface area contributed by atoms with Gasteiger partial charge in [0.25, 0.3) is 0 Å². The fourth-order valence-corrected chi connectivity index (χ4v) is 2.40. The molecular weight excluding hydrogens is 264 g/mol. The maximum absolute atomic E-state index is 5.68. The standard InChI is InChI=1S/C16H22N4O/c1-9-5-8-13(21-9)11(3)18-15-10(2)14(17-4)19-16(20-15)12-6-7-12/h5,8,11-12H,6-7H2,1-4H3,(H2,17,18,19,20). The smallest absolute Gasteiger partial charge is 0.136 e. The molecule has 0 spiro atoms. The van der Waals surface area contributed by atoms with E-state index in [4.69, 9.17) is 9.40 Å². The average molecular weight is 286 g/mol. The summed E-state index contributed by atoms with van der Waals surface area (Å²) in [5, 5.41) is 6.61. The predicted molar refractivity (Wildman–Crippen MR) is 83.8 cm³/mol. The second-order valence-corrected chi connectivity index (χ2v) is 5.74. The Balaban J connectivity index is 1.88. The Morgan fingerprint density at radius 2 is 1.90 bits per heavy atom. The molecule has 112 valence electrons. The van der Waals surface area contributed by atoms with Gasteiger partial charge in [-0.3, -0.25) is 0 Å². The van der Waals surface area contributed by atoms with E-state index in [0.717, 1.165) is 34.5 Å². The fourth-order valence-electron chi connectivity index (χ4n) is 2.40. The second kappa shape index (κ2) is 5.39. The minimum absolute atomic E-state index is 0.0732. The lowest BCUT2D eigenvalue weighted by atomic mass is 10.2. The van der Waals surface area contributed by atoms with Crippen molar-refractivity contribution in [2.45, 2.75) is 45.6 Å². The summed E-state index contributed by atoms with van der Waals surface area (Å²) < 4.78 is 5.68. The van der Waals surface area contributed by atoms with E-state index in [2.05, 4.69) is 22.5 Å². The molecule has 1 fully saturated rings. The minimum atomic E-state index is 0.0732. The van der Waals surface area contributed by atoms with E-state index in [1.165, 1.54) is 12.8 Å². The first-order chi connectivity index (χ1) is 10.1. The summed E-state index contributed by atoms with van der Waals surface area (Å²) in [5.41, 5.74) is 1.04. The molecule has 2 heterocycles. The predicted octanol–water partition coefficient (Wildman–Crippen LogP) is 3.78. The quantitative estimate of drug-likeness (QED) is 0.875. The molecule has 3 rings (SSSR count). The highest BCUT2D eigenvalue weighted by Crippen LogP contribution is 2.39. The lowest BCUT2D eigenvalue weighted by Crippen LogP contribution is -2.12. The van der Waals surface area contributed by atoms with Gasteiger partial charge in [-0.25, -0.2) is 9.97 Å². The van der Waals surface area contributed by atoms with Crippen molar-refractivity contribution in [3.8, 4) is 0 Å². The molecule has 0 aromatic carbocycles. The van der Waals surface area contributed by atoms with Crippen LogP contribution in [-0.4, -0.2) is 17.0 Å². The summed E-state index contributed by atoms with van der Waals surface area (Å²) in [4.78, 5) is 9.32. The van der Waals surface area contributed by atoms with Crippen molar-refractivity contribution in [2.75, 3.05) is 17.7 Å². The summed E-state index contributed by atoms with van der Waals surface area (Å²) >= 11 is 0. The van der Waals surface area contributed by atoms with Gasteiger partial charge in [0.2, 0.25) is 0 Å². The Labute approximate surface area is 125 Å². The van der Waals surface area contributed by atoms with E-state index >= 15 is 0 Å². The van der Waals surface area contributed by atoms with Gasteiger partial charge in [0.05, 0.1) is 6.04 Å². The van der Waals surface area contributed by atoms with Gasteiger partial charge in [-0.2, -0.15) is 0 Å². The number of hydrogen-bond donors (Lipinski definition) is 2. The van der Waals surface area contributed by atoms with Crippen molar-refractivity contribution < 1.29 is 4.42 Å². The number of nitrogens with zero attached hydrogens (tertiary/aromatic N) is 2. The fraction of sp³-hybridized carbons (Fsp3) is 0.500. The number of aryl methyl sites for hydroxylation is 1. The van der Waals surface area contributed by atoms with Gasteiger partial charge in [-0.05, 0) is 45.7 Å². The van der Waals surface area contributed by atoms with E-state index in [9.17, 15) is 0 Å². The Kier molecular flexibility index (Phi) is 3.57. The molecular formula is C16H22N4O. The normalized spacial score (nSPS) is 15.8. The number of rotatable bonds is 5. The van der Waals surface area contributed by atoms with Gasteiger partial charge in [0, 0.05) is 18.5 Å². The first-order valence-electron chi connectivity index (χ1n) is 7.47. The maximum Gasteiger partial charge on any atom is 0.136 e. The van der Waals surface area contributed by atoms with Crippen LogP contribution in [-0.2, 0) is 0 Å². The molecule has 1 unspecified atom stereocenters. The lowest BCUT2D eigenvalue weighted by Gasteiger charge is -2.17. The molecule has 2 aromatic heterocycles. The summed E-state index contributed by atoms with van der Waals surface area (Å²) in [6.07, 6.45) is 2.39. The zero-order chi connectivity index (χ0) is 15.0. The van der Waals surface area contributed by atoms with Crippen molar-refractivity contribution in [3.63, 3.8) is 0 Å². The molecule has 1 aliphatic carbocycles. The van der Waals surface area contributed by atoms with Crippen LogP contribution in [0, 0.1) is 13.8 Å². The van der Waals surface area contributed by atoms with Crippen LogP contribution in [0.15, 0.2) is 16.5 Å². The number of anilines is 2. The first-order valence-corrected chi connectivity index (χ1v) is 7.47. The maximum atomic E-state index is 5.68. The molecule has 5 heteroatoms. The van der Waals surface area contributed by atoms with Crippen molar-refractivity contribution >= 4 is 11.6 Å². The van der Waals surface area contributed by atoms with Crippen LogP contribution < -0.4 is 10.6 Å². The molecule has 0 saturated heterocycles. The highest BCUT2D eigenvalue weighted by atomic mass is 16.3. The summed E-state index contributed by atoms with van der Waals surface area (Å²) in [5.74, 6) is 5.10. The number of aromatic nitrogens is 2. The highest BCUT2D eigenvalue weighted by Gasteiger charge is 2.28. The number of hydrogen-bond acceptors (Lipinski definition) is 5. The molecule has 1 saturated carbocycles. The molecule has 0 bridgehead atoms. The van der Waals surface area contributed by atoms with Crippen LogP contribution in [0.5, 0.6) is 0 Å². The third kappa shape index (κ3) is 2.86. The van der Waals surface area contributed by atoms with Crippen LogP contribution in [0.1, 0.15) is 54.6 Å². The van der Waals surface area contributed by atoms with Gasteiger partial charge >= 0.3 is 0 Å². The summed E-state index contributed by atoms with van der Waals surface area (Å²) in [7, 11) is 1.90. The van der Waals surface area contributed by atoms with Gasteiger partial charge in [-0.1, -0.05) is 0 Å². The third-order valence-corrected chi connectivity index (χ3v) is 3.88. The SMILES string of the molecule is CNc1nc(C2CC2)nc(NC(C)c2ccc(C)o2)c1C. The molecule has 0 radical (unpaired) electrons. The molecule has 5 nitrogen and oxygen atoms in total. The molecule has 1 aliphatic rings. The third-order valence-electron chi connectivity index (χ3n) is 3.88. The van der Waals surface area contributed by atoms with Crippen molar-refractivity contribution in [3.05, 3.63) is 35.0 Å². The largest absolute Gasteiger partial charge is 0.464 e. The van der Waals surface area contributed by atoms with Gasteiger partial charge in [-0.15, -0.1) is 0 Å². The molecule has 21 heavy (non-hydrogen) atoms. The van der Waals surface area contributed by atoms with Gasteiger partial charge in [0.15, 0.2) is 0 Å². The van der Waals surface area contributed by atoms with Crippen LogP contribution in [0.2, 0.25) is 0 Å². The zero-order valence-electron chi connectivity index (χ0n) is 13.0. The zero-order valence-corrected chi connectivity index (χ0v) is 13.0. The summed E-state index contributed by atoms with van der Waals surface area (Å²) in [6.45, 7) is 6.07. The van der Waals surface area contributed by atoms with Crippen LogP contribution in [0.25, 0.3) is 0 Å². The number of nitrogens with one attached hydrogen (secondary N) is 2. The second-order valence-electron chi connectivity index (χ2n) is 5.74. The Morgan fingerprint density at radius 1 is 1.19 bits per heavy atom. The monoisotopic (exact) mass is 286 g/mol. The Hall–Kier alpha value is -2.04. The lowest BCUT2D eigenvalue weighted by molar-refractivity contribution is 0.466. The minimum Gasteiger partial charge on any atom is -0.464 e. The van der Waals surface area contributed by atoms with E-state index in [-0.39, 0.29) is 6.04 Å².